The summed E-state index contributed by atoms with van der Waals surface area (Å²) in [6, 6.07) is 14.0. The first-order chi connectivity index (χ1) is 15.8. The van der Waals surface area contributed by atoms with E-state index in [9.17, 15) is 14.4 Å². The van der Waals surface area contributed by atoms with Gasteiger partial charge in [0.1, 0.15) is 12.6 Å². The van der Waals surface area contributed by atoms with E-state index in [2.05, 4.69) is 29.6 Å². The number of ether oxygens (including phenoxy) is 1. The van der Waals surface area contributed by atoms with Crippen LogP contribution in [-0.2, 0) is 19.1 Å². The largest absolute Gasteiger partial charge is 0.464 e. The quantitative estimate of drug-likeness (QED) is 0.452. The van der Waals surface area contributed by atoms with Crippen molar-refractivity contribution in [2.75, 3.05) is 6.61 Å². The highest BCUT2D eigenvalue weighted by Gasteiger charge is 2.29. The van der Waals surface area contributed by atoms with Gasteiger partial charge in [-0.15, -0.1) is 0 Å². The van der Waals surface area contributed by atoms with Crippen molar-refractivity contribution in [1.82, 2.24) is 5.32 Å². The highest BCUT2D eigenvalue weighted by atomic mass is 16.5. The Labute approximate surface area is 194 Å². The van der Waals surface area contributed by atoms with Crippen molar-refractivity contribution in [3.8, 4) is 11.1 Å². The predicted octanol–water partition coefficient (Wildman–Crippen LogP) is 2.42. The number of carbonyl (C=O) groups excluding carboxylic acids is 3. The van der Waals surface area contributed by atoms with Crippen LogP contribution < -0.4 is 16.8 Å². The van der Waals surface area contributed by atoms with E-state index in [0.29, 0.717) is 19.3 Å². The number of benzene rings is 2. The molecule has 1 amide bonds. The van der Waals surface area contributed by atoms with Gasteiger partial charge in [-0.25, -0.2) is 0 Å². The number of fused-ring (bicyclic) bond motifs is 3. The Morgan fingerprint density at radius 2 is 1.52 bits per heavy atom. The number of hydrogen-bond acceptors (Lipinski definition) is 6. The van der Waals surface area contributed by atoms with E-state index < -0.39 is 30.0 Å². The van der Waals surface area contributed by atoms with Crippen LogP contribution in [0.25, 0.3) is 11.1 Å². The molecule has 0 saturated carbocycles. The Hall–Kier alpha value is -3.03. The molecule has 5 N–H and O–H groups in total. The summed E-state index contributed by atoms with van der Waals surface area (Å²) in [7, 11) is 0. The van der Waals surface area contributed by atoms with Gasteiger partial charge >= 0.3 is 5.97 Å². The van der Waals surface area contributed by atoms with Crippen LogP contribution in [0.1, 0.15) is 50.2 Å². The van der Waals surface area contributed by atoms with Crippen LogP contribution in [0.2, 0.25) is 0 Å². The van der Waals surface area contributed by atoms with Gasteiger partial charge < -0.3 is 21.5 Å². The standard InChI is InChI=1S/C26H32N3O4/c1-16(2)24(14-30)29-25(31)22(27)12-7-13-23(28)26(32)33-15-21-19-10-5-3-8-17(19)18-9-4-6-11-20(18)21/h3-6,8-11,16,21-24H,7,12-13,15,27-28H2,1-2H3,(H,29,31)/t22-,23?,24+/m0/s1. The van der Waals surface area contributed by atoms with Crippen molar-refractivity contribution >= 4 is 18.2 Å². The second-order valence-corrected chi connectivity index (χ2v) is 8.85. The van der Waals surface area contributed by atoms with E-state index in [1.807, 2.05) is 44.4 Å². The fourth-order valence-electron chi connectivity index (χ4n) is 4.11. The lowest BCUT2D eigenvalue weighted by atomic mass is 9.98. The number of carbonyl (C=O) groups is 2. The molecule has 33 heavy (non-hydrogen) atoms. The molecule has 0 aliphatic heterocycles. The normalized spacial score (nSPS) is 15.3. The molecule has 0 fully saturated rings. The molecule has 1 unspecified atom stereocenters. The zero-order valence-electron chi connectivity index (χ0n) is 19.1. The molecule has 3 rings (SSSR count). The summed E-state index contributed by atoms with van der Waals surface area (Å²) in [6.07, 6.45) is 2.99. The van der Waals surface area contributed by atoms with Gasteiger partial charge in [0.25, 0.3) is 0 Å². The number of rotatable bonds is 11. The second-order valence-electron chi connectivity index (χ2n) is 8.85. The number of nitrogens with two attached hydrogens (primary N) is 2. The minimum absolute atomic E-state index is 0.0193. The number of esters is 1. The minimum Gasteiger partial charge on any atom is -0.464 e. The molecule has 7 heteroatoms. The fourth-order valence-corrected chi connectivity index (χ4v) is 4.11. The minimum atomic E-state index is -0.793. The Morgan fingerprint density at radius 1 is 0.970 bits per heavy atom. The molecule has 2 aromatic rings. The number of nitrogens with one attached hydrogen (secondary N) is 1. The van der Waals surface area contributed by atoms with Gasteiger partial charge in [0.15, 0.2) is 0 Å². The van der Waals surface area contributed by atoms with Crippen molar-refractivity contribution in [3.05, 3.63) is 59.7 Å². The van der Waals surface area contributed by atoms with Crippen LogP contribution in [0.15, 0.2) is 48.5 Å². The summed E-state index contributed by atoms with van der Waals surface area (Å²) in [5, 5.41) is 2.58. The Balaban J connectivity index is 1.47. The van der Waals surface area contributed by atoms with Gasteiger partial charge in [0.2, 0.25) is 12.2 Å². The van der Waals surface area contributed by atoms with Crippen molar-refractivity contribution in [2.45, 2.75) is 57.2 Å². The van der Waals surface area contributed by atoms with Crippen molar-refractivity contribution < 1.29 is 19.1 Å². The summed E-state index contributed by atoms with van der Waals surface area (Å²) in [6.45, 7) is 3.85. The molecular weight excluding hydrogens is 418 g/mol. The molecule has 7 nitrogen and oxygen atoms in total. The van der Waals surface area contributed by atoms with E-state index in [4.69, 9.17) is 16.2 Å². The zero-order chi connectivity index (χ0) is 24.0. The first-order valence-electron chi connectivity index (χ1n) is 11.4. The average molecular weight is 451 g/mol. The Morgan fingerprint density at radius 3 is 2.06 bits per heavy atom. The monoisotopic (exact) mass is 450 g/mol. The molecule has 1 aliphatic rings. The maximum absolute atomic E-state index is 12.5. The van der Waals surface area contributed by atoms with Crippen LogP contribution in [0.4, 0.5) is 0 Å². The smallest absolute Gasteiger partial charge is 0.322 e. The lowest BCUT2D eigenvalue weighted by Gasteiger charge is -2.19. The van der Waals surface area contributed by atoms with E-state index in [0.717, 1.165) is 22.3 Å². The second kappa shape index (κ2) is 11.2. The van der Waals surface area contributed by atoms with Crippen molar-refractivity contribution in [2.24, 2.45) is 17.4 Å². The molecule has 2 aromatic carbocycles. The third-order valence-electron chi connectivity index (χ3n) is 6.12. The number of hydrogen-bond donors (Lipinski definition) is 3. The molecule has 1 radical (unpaired) electrons. The molecule has 0 heterocycles. The van der Waals surface area contributed by atoms with E-state index in [-0.39, 0.29) is 18.4 Å². The maximum Gasteiger partial charge on any atom is 0.322 e. The Kier molecular flexibility index (Phi) is 8.36. The highest BCUT2D eigenvalue weighted by molar-refractivity contribution is 5.84. The van der Waals surface area contributed by atoms with Crippen molar-refractivity contribution in [1.29, 1.82) is 0 Å². The van der Waals surface area contributed by atoms with E-state index in [1.165, 1.54) is 0 Å². The predicted molar refractivity (Wildman–Crippen MR) is 127 cm³/mol. The summed E-state index contributed by atoms with van der Waals surface area (Å²) < 4.78 is 5.58. The van der Waals surface area contributed by atoms with Gasteiger partial charge in [-0.2, -0.15) is 0 Å². The average Bonchev–Trinajstić information content (AvgIpc) is 3.14. The van der Waals surface area contributed by atoms with Crippen LogP contribution >= 0.6 is 0 Å². The maximum atomic E-state index is 12.5. The first-order valence-corrected chi connectivity index (χ1v) is 11.4. The number of amides is 1. The van der Waals surface area contributed by atoms with Crippen LogP contribution in [0, 0.1) is 5.92 Å². The molecule has 0 aromatic heterocycles. The SMILES string of the molecule is CC(C)[C@@H]([C]=O)NC(=O)[C@@H](N)CCCC(N)C(=O)OCC1c2ccccc2-c2ccccc21. The van der Waals surface area contributed by atoms with Crippen LogP contribution in [0.5, 0.6) is 0 Å². The molecule has 1 aliphatic carbocycles. The van der Waals surface area contributed by atoms with Gasteiger partial charge in [0, 0.05) is 5.92 Å². The fraction of sp³-hybridized carbons (Fsp3) is 0.423. The summed E-state index contributed by atoms with van der Waals surface area (Å²) in [4.78, 5) is 35.6. The third-order valence-corrected chi connectivity index (χ3v) is 6.12. The molecular formula is C26H32N3O4. The highest BCUT2D eigenvalue weighted by Crippen LogP contribution is 2.44. The molecule has 0 saturated heterocycles. The van der Waals surface area contributed by atoms with Gasteiger partial charge in [0.05, 0.1) is 12.1 Å². The first kappa shape index (κ1) is 24.6. The third kappa shape index (κ3) is 5.86. The van der Waals surface area contributed by atoms with Gasteiger partial charge in [-0.05, 0) is 47.4 Å². The molecule has 3 atom stereocenters. The van der Waals surface area contributed by atoms with Gasteiger partial charge in [-0.1, -0.05) is 62.4 Å². The molecule has 0 bridgehead atoms. The van der Waals surface area contributed by atoms with Crippen LogP contribution in [-0.4, -0.2) is 42.9 Å². The summed E-state index contributed by atoms with van der Waals surface area (Å²) >= 11 is 0. The van der Waals surface area contributed by atoms with E-state index in [1.54, 1.807) is 0 Å². The zero-order valence-corrected chi connectivity index (χ0v) is 19.1. The lowest BCUT2D eigenvalue weighted by Crippen LogP contribution is -2.48. The summed E-state index contributed by atoms with van der Waals surface area (Å²) in [5.74, 6) is -0.966. The summed E-state index contributed by atoms with van der Waals surface area (Å²) in [5.41, 5.74) is 16.6. The van der Waals surface area contributed by atoms with Crippen LogP contribution in [0.3, 0.4) is 0 Å². The molecule has 175 valence electrons. The van der Waals surface area contributed by atoms with Gasteiger partial charge in [-0.3, -0.25) is 14.4 Å². The van der Waals surface area contributed by atoms with Crippen molar-refractivity contribution in [3.63, 3.8) is 0 Å². The Bertz CT molecular complexity index is 946. The lowest BCUT2D eigenvalue weighted by molar-refractivity contribution is -0.145. The topological polar surface area (TPSA) is 125 Å². The van der Waals surface area contributed by atoms with E-state index >= 15 is 0 Å². The molecule has 0 spiro atoms.